The van der Waals surface area contributed by atoms with Crippen LogP contribution in [-0.2, 0) is 14.8 Å². The molecule has 0 aromatic carbocycles. The molecule has 2 aliphatic heterocycles. The van der Waals surface area contributed by atoms with Crippen LogP contribution in [0.3, 0.4) is 0 Å². The molecule has 0 saturated carbocycles. The summed E-state index contributed by atoms with van der Waals surface area (Å²) in [5.74, 6) is 0.212. The fourth-order valence-electron chi connectivity index (χ4n) is 3.68. The van der Waals surface area contributed by atoms with Gasteiger partial charge in [0.05, 0.1) is 5.75 Å². The molecule has 0 radical (unpaired) electrons. The zero-order valence-electron chi connectivity index (χ0n) is 15.7. The van der Waals surface area contributed by atoms with Gasteiger partial charge in [-0.3, -0.25) is 9.69 Å². The van der Waals surface area contributed by atoms with Gasteiger partial charge in [0.1, 0.15) is 0 Å². The van der Waals surface area contributed by atoms with Crippen LogP contribution in [0.5, 0.6) is 0 Å². The Bertz CT molecular complexity index is 498. The van der Waals surface area contributed by atoms with Gasteiger partial charge in [-0.25, -0.2) is 12.7 Å². The lowest BCUT2D eigenvalue weighted by molar-refractivity contribution is -0.121. The lowest BCUT2D eigenvalue weighted by Crippen LogP contribution is -2.44. The Kier molecular flexibility index (Phi) is 8.66. The van der Waals surface area contributed by atoms with Crippen LogP contribution in [0.1, 0.15) is 64.7 Å². The maximum atomic E-state index is 12.2. The zero-order valence-corrected chi connectivity index (χ0v) is 16.5. The summed E-state index contributed by atoms with van der Waals surface area (Å²) in [7, 11) is -3.13. The number of sulfonamides is 1. The van der Waals surface area contributed by atoms with Crippen molar-refractivity contribution in [3.05, 3.63) is 0 Å². The molecule has 0 aromatic heterocycles. The standard InChI is InChI=1S/C18H35N3O3S/c1-17(20-11-5-2-6-12-20)16-19-18(22)10-4-9-15-25(23,24)21-13-7-3-8-14-21/h17H,2-16H2,1H3,(H,19,22). The van der Waals surface area contributed by atoms with Crippen LogP contribution < -0.4 is 5.32 Å². The number of hydrogen-bond acceptors (Lipinski definition) is 4. The van der Waals surface area contributed by atoms with Crippen LogP contribution in [0.25, 0.3) is 0 Å². The van der Waals surface area contributed by atoms with Crippen molar-refractivity contribution in [1.29, 1.82) is 0 Å². The van der Waals surface area contributed by atoms with E-state index in [9.17, 15) is 13.2 Å². The van der Waals surface area contributed by atoms with Crippen LogP contribution in [0.4, 0.5) is 0 Å². The van der Waals surface area contributed by atoms with E-state index in [2.05, 4.69) is 17.1 Å². The van der Waals surface area contributed by atoms with E-state index in [1.54, 1.807) is 4.31 Å². The van der Waals surface area contributed by atoms with Crippen molar-refractivity contribution < 1.29 is 13.2 Å². The number of amides is 1. The number of carbonyl (C=O) groups is 1. The number of hydrogen-bond donors (Lipinski definition) is 1. The van der Waals surface area contributed by atoms with E-state index in [4.69, 9.17) is 0 Å². The quantitative estimate of drug-likeness (QED) is 0.627. The zero-order chi connectivity index (χ0) is 18.1. The maximum Gasteiger partial charge on any atom is 0.220 e. The number of carbonyl (C=O) groups excluding carboxylic acids is 1. The fourth-order valence-corrected chi connectivity index (χ4v) is 5.32. The number of nitrogens with zero attached hydrogens (tertiary/aromatic N) is 2. The second-order valence-electron chi connectivity index (χ2n) is 7.48. The molecule has 0 aromatic rings. The number of nitrogens with one attached hydrogen (secondary N) is 1. The molecule has 1 unspecified atom stereocenters. The molecule has 0 bridgehead atoms. The van der Waals surface area contributed by atoms with E-state index in [1.165, 1.54) is 19.3 Å². The number of unbranched alkanes of at least 4 members (excludes halogenated alkanes) is 1. The van der Waals surface area contributed by atoms with Crippen molar-refractivity contribution in [3.63, 3.8) is 0 Å². The van der Waals surface area contributed by atoms with Gasteiger partial charge in [0, 0.05) is 32.1 Å². The summed E-state index contributed by atoms with van der Waals surface area (Å²) >= 11 is 0. The van der Waals surface area contributed by atoms with Crippen LogP contribution in [0.15, 0.2) is 0 Å². The smallest absolute Gasteiger partial charge is 0.220 e. The topological polar surface area (TPSA) is 69.7 Å². The highest BCUT2D eigenvalue weighted by Crippen LogP contribution is 2.15. The Hall–Kier alpha value is -0.660. The normalized spacial score (nSPS) is 21.8. The SMILES string of the molecule is CC(CNC(=O)CCCCS(=O)(=O)N1CCCCC1)N1CCCCC1. The van der Waals surface area contributed by atoms with E-state index >= 15 is 0 Å². The number of piperidine rings is 2. The molecule has 25 heavy (non-hydrogen) atoms. The molecular formula is C18H35N3O3S. The van der Waals surface area contributed by atoms with Crippen molar-refractivity contribution in [3.8, 4) is 0 Å². The molecule has 2 aliphatic rings. The van der Waals surface area contributed by atoms with E-state index in [1.807, 2.05) is 0 Å². The van der Waals surface area contributed by atoms with Crippen molar-refractivity contribution in [2.45, 2.75) is 70.8 Å². The third kappa shape index (κ3) is 7.23. The average Bonchev–Trinajstić information content (AvgIpc) is 2.64. The third-order valence-corrected chi connectivity index (χ3v) is 7.33. The molecule has 7 heteroatoms. The van der Waals surface area contributed by atoms with Crippen molar-refractivity contribution in [2.24, 2.45) is 0 Å². The van der Waals surface area contributed by atoms with Gasteiger partial charge >= 0.3 is 0 Å². The highest BCUT2D eigenvalue weighted by Gasteiger charge is 2.23. The first-order valence-electron chi connectivity index (χ1n) is 9.97. The molecule has 6 nitrogen and oxygen atoms in total. The summed E-state index contributed by atoms with van der Waals surface area (Å²) in [4.78, 5) is 14.4. The number of rotatable bonds is 9. The number of likely N-dealkylation sites (tertiary alicyclic amines) is 1. The summed E-state index contributed by atoms with van der Waals surface area (Å²) in [5.41, 5.74) is 0. The van der Waals surface area contributed by atoms with Crippen LogP contribution in [-0.4, -0.2) is 68.0 Å². The molecule has 2 saturated heterocycles. The first-order chi connectivity index (χ1) is 12.0. The van der Waals surface area contributed by atoms with Gasteiger partial charge in [-0.1, -0.05) is 12.8 Å². The molecule has 2 heterocycles. The van der Waals surface area contributed by atoms with Crippen LogP contribution in [0, 0.1) is 0 Å². The summed E-state index contributed by atoms with van der Waals surface area (Å²) in [6, 6.07) is 0.378. The van der Waals surface area contributed by atoms with Gasteiger partial charge in [-0.05, 0) is 58.5 Å². The Morgan fingerprint density at radius 3 is 2.20 bits per heavy atom. The van der Waals surface area contributed by atoms with Gasteiger partial charge in [0.15, 0.2) is 0 Å². The molecule has 1 atom stereocenters. The first-order valence-corrected chi connectivity index (χ1v) is 11.6. The lowest BCUT2D eigenvalue weighted by Gasteiger charge is -2.32. The van der Waals surface area contributed by atoms with E-state index in [0.29, 0.717) is 44.9 Å². The molecule has 1 amide bonds. The Morgan fingerprint density at radius 1 is 0.960 bits per heavy atom. The van der Waals surface area contributed by atoms with Gasteiger partial charge in [-0.2, -0.15) is 0 Å². The predicted octanol–water partition coefficient (Wildman–Crippen LogP) is 1.96. The molecule has 1 N–H and O–H groups in total. The van der Waals surface area contributed by atoms with E-state index in [0.717, 1.165) is 32.4 Å². The maximum absolute atomic E-state index is 12.2. The van der Waals surface area contributed by atoms with Crippen molar-refractivity contribution in [1.82, 2.24) is 14.5 Å². The fraction of sp³-hybridized carbons (Fsp3) is 0.944. The Balaban J connectivity index is 1.57. The second-order valence-corrected chi connectivity index (χ2v) is 9.57. The largest absolute Gasteiger partial charge is 0.355 e. The highest BCUT2D eigenvalue weighted by atomic mass is 32.2. The van der Waals surface area contributed by atoms with E-state index in [-0.39, 0.29) is 11.7 Å². The van der Waals surface area contributed by atoms with Gasteiger partial charge < -0.3 is 5.32 Å². The minimum Gasteiger partial charge on any atom is -0.355 e. The molecule has 2 rings (SSSR count). The molecule has 0 aliphatic carbocycles. The summed E-state index contributed by atoms with van der Waals surface area (Å²) in [6.45, 7) is 6.44. The molecular weight excluding hydrogens is 338 g/mol. The van der Waals surface area contributed by atoms with Gasteiger partial charge in [0.2, 0.25) is 15.9 Å². The van der Waals surface area contributed by atoms with Crippen molar-refractivity contribution >= 4 is 15.9 Å². The lowest BCUT2D eigenvalue weighted by atomic mass is 10.1. The minimum atomic E-state index is -3.13. The Morgan fingerprint density at radius 2 is 1.56 bits per heavy atom. The van der Waals surface area contributed by atoms with Gasteiger partial charge in [-0.15, -0.1) is 0 Å². The third-order valence-electron chi connectivity index (χ3n) is 5.37. The second kappa shape index (κ2) is 10.5. The monoisotopic (exact) mass is 373 g/mol. The van der Waals surface area contributed by atoms with E-state index < -0.39 is 10.0 Å². The molecule has 2 fully saturated rings. The average molecular weight is 374 g/mol. The molecule has 0 spiro atoms. The minimum absolute atomic E-state index is 0.0410. The first kappa shape index (κ1) is 20.6. The Labute approximate surface area is 153 Å². The van der Waals surface area contributed by atoms with Crippen LogP contribution >= 0.6 is 0 Å². The van der Waals surface area contributed by atoms with Crippen LogP contribution in [0.2, 0.25) is 0 Å². The van der Waals surface area contributed by atoms with Crippen molar-refractivity contribution in [2.75, 3.05) is 38.5 Å². The predicted molar refractivity (Wildman–Crippen MR) is 101 cm³/mol. The summed E-state index contributed by atoms with van der Waals surface area (Å²) in [5, 5.41) is 3.00. The highest BCUT2D eigenvalue weighted by molar-refractivity contribution is 7.89. The van der Waals surface area contributed by atoms with Gasteiger partial charge in [0.25, 0.3) is 0 Å². The summed E-state index contributed by atoms with van der Waals surface area (Å²) < 4.78 is 26.1. The summed E-state index contributed by atoms with van der Waals surface area (Å²) in [6.07, 6.45) is 8.51. The molecule has 146 valence electrons.